The van der Waals surface area contributed by atoms with Crippen LogP contribution in [0.25, 0.3) is 0 Å². The highest BCUT2D eigenvalue weighted by Crippen LogP contribution is 2.81. The Kier molecular flexibility index (Phi) is 0.870. The van der Waals surface area contributed by atoms with Crippen molar-refractivity contribution in [2.24, 2.45) is 5.41 Å². The maximum absolute atomic E-state index is 12.4. The lowest BCUT2D eigenvalue weighted by Crippen LogP contribution is -2.25. The number of halogens is 4. The fourth-order valence-electron chi connectivity index (χ4n) is 1.78. The van der Waals surface area contributed by atoms with Crippen LogP contribution in [0.3, 0.4) is 0 Å². The van der Waals surface area contributed by atoms with E-state index in [2.05, 4.69) is 6.58 Å². The van der Waals surface area contributed by atoms with E-state index in [1.165, 1.54) is 0 Å². The van der Waals surface area contributed by atoms with Gasteiger partial charge in [-0.3, -0.25) is 0 Å². The highest BCUT2D eigenvalue weighted by molar-refractivity contribution is 5.44. The largest absolute Gasteiger partial charge is 0.326 e. The Morgan fingerprint density at radius 2 is 1.55 bits per heavy atom. The van der Waals surface area contributed by atoms with Gasteiger partial charge in [-0.05, 0) is 12.8 Å². The average molecular weight is 166 g/mol. The summed E-state index contributed by atoms with van der Waals surface area (Å²) in [6.07, 6.45) is 0.191. The van der Waals surface area contributed by atoms with E-state index in [0.29, 0.717) is 6.42 Å². The fourth-order valence-corrected chi connectivity index (χ4v) is 1.78. The van der Waals surface area contributed by atoms with Crippen molar-refractivity contribution >= 4 is 0 Å². The Hall–Kier alpha value is -0.540. The van der Waals surface area contributed by atoms with Gasteiger partial charge in [-0.2, -0.15) is 17.6 Å². The molecule has 0 aromatic carbocycles. The highest BCUT2D eigenvalue weighted by atomic mass is 19.3. The molecule has 0 N–H and O–H groups in total. The van der Waals surface area contributed by atoms with Gasteiger partial charge >= 0.3 is 11.8 Å². The molecule has 0 aromatic heterocycles. The van der Waals surface area contributed by atoms with Gasteiger partial charge in [0.2, 0.25) is 0 Å². The second-order valence-electron chi connectivity index (χ2n) is 3.16. The molecule has 0 bridgehead atoms. The first-order chi connectivity index (χ1) is 4.88. The normalized spacial score (nSPS) is 35.1. The van der Waals surface area contributed by atoms with Gasteiger partial charge in [0.15, 0.2) is 0 Å². The van der Waals surface area contributed by atoms with Gasteiger partial charge in [0.25, 0.3) is 0 Å². The van der Waals surface area contributed by atoms with Crippen LogP contribution < -0.4 is 0 Å². The number of hydrogen-bond donors (Lipinski definition) is 0. The van der Waals surface area contributed by atoms with Crippen molar-refractivity contribution in [2.45, 2.75) is 24.7 Å². The minimum atomic E-state index is -3.82. The molecule has 0 heterocycles. The van der Waals surface area contributed by atoms with Crippen molar-refractivity contribution in [1.82, 2.24) is 0 Å². The molecule has 0 aromatic rings. The molecule has 2 fully saturated rings. The number of allylic oxidation sites excluding steroid dienone is 1. The van der Waals surface area contributed by atoms with Gasteiger partial charge in [-0.25, -0.2) is 0 Å². The van der Waals surface area contributed by atoms with E-state index in [1.807, 2.05) is 0 Å². The van der Waals surface area contributed by atoms with Crippen LogP contribution in [0.15, 0.2) is 12.2 Å². The molecule has 0 radical (unpaired) electrons. The lowest BCUT2D eigenvalue weighted by atomic mass is 9.76. The Morgan fingerprint density at radius 3 is 1.55 bits per heavy atom. The summed E-state index contributed by atoms with van der Waals surface area (Å²) in [4.78, 5) is 0. The first-order valence-corrected chi connectivity index (χ1v) is 3.32. The first kappa shape index (κ1) is 7.13. The van der Waals surface area contributed by atoms with Crippen molar-refractivity contribution in [2.75, 3.05) is 0 Å². The Bertz CT molecular complexity index is 227. The maximum atomic E-state index is 12.4. The van der Waals surface area contributed by atoms with Crippen molar-refractivity contribution in [3.05, 3.63) is 12.2 Å². The minimum Gasteiger partial charge on any atom is -0.199 e. The highest BCUT2D eigenvalue weighted by Gasteiger charge is 2.98. The maximum Gasteiger partial charge on any atom is 0.326 e. The topological polar surface area (TPSA) is 0 Å². The zero-order valence-electron chi connectivity index (χ0n) is 5.63. The monoisotopic (exact) mass is 166 g/mol. The van der Waals surface area contributed by atoms with Crippen LogP contribution in [-0.4, -0.2) is 11.8 Å². The van der Waals surface area contributed by atoms with E-state index >= 15 is 0 Å². The number of hydrogen-bond acceptors (Lipinski definition) is 0. The quantitative estimate of drug-likeness (QED) is 0.383. The summed E-state index contributed by atoms with van der Waals surface area (Å²) in [5.74, 6) is -7.65. The predicted octanol–water partition coefficient (Wildman–Crippen LogP) is 2.61. The van der Waals surface area contributed by atoms with Crippen LogP contribution >= 0.6 is 0 Å². The number of rotatable bonds is 0. The molecule has 0 unspecified atom stereocenters. The third kappa shape index (κ3) is 0.396. The molecule has 1 spiro atoms. The van der Waals surface area contributed by atoms with E-state index in [0.717, 1.165) is 0 Å². The molecule has 2 saturated carbocycles. The summed E-state index contributed by atoms with van der Waals surface area (Å²) in [5, 5.41) is 0. The molecule has 0 saturated heterocycles. The first-order valence-electron chi connectivity index (χ1n) is 3.32. The molecular weight excluding hydrogens is 160 g/mol. The molecule has 2 rings (SSSR count). The molecule has 0 nitrogen and oxygen atoms in total. The SMILES string of the molecule is C=C1CCC12C(F)(F)C2(F)F. The number of alkyl halides is 4. The molecule has 2 aliphatic carbocycles. The third-order valence-corrected chi connectivity index (χ3v) is 2.81. The summed E-state index contributed by atoms with van der Waals surface area (Å²) in [6.45, 7) is 3.21. The lowest BCUT2D eigenvalue weighted by molar-refractivity contribution is -0.0278. The van der Waals surface area contributed by atoms with Crippen molar-refractivity contribution in [3.8, 4) is 0 Å². The van der Waals surface area contributed by atoms with Crippen LogP contribution in [0.5, 0.6) is 0 Å². The molecule has 0 atom stereocenters. The summed E-state index contributed by atoms with van der Waals surface area (Å²) < 4.78 is 49.8. The standard InChI is InChI=1S/C7H6F4/c1-4-2-3-5(4)6(8,9)7(5,10)11/h1-3H2. The van der Waals surface area contributed by atoms with Gasteiger partial charge in [-0.1, -0.05) is 12.2 Å². The zero-order chi connectivity index (χ0) is 8.49. The van der Waals surface area contributed by atoms with Crippen molar-refractivity contribution in [1.29, 1.82) is 0 Å². The van der Waals surface area contributed by atoms with Crippen LogP contribution in [0.4, 0.5) is 17.6 Å². The molecule has 2 aliphatic rings. The molecule has 11 heavy (non-hydrogen) atoms. The summed E-state index contributed by atoms with van der Waals surface area (Å²) >= 11 is 0. The van der Waals surface area contributed by atoms with Crippen LogP contribution in [-0.2, 0) is 0 Å². The Morgan fingerprint density at radius 1 is 1.09 bits per heavy atom. The summed E-state index contributed by atoms with van der Waals surface area (Å²) in [5.41, 5.74) is -2.13. The van der Waals surface area contributed by atoms with Gasteiger partial charge in [0.05, 0.1) is 0 Å². The molecule has 62 valence electrons. The second kappa shape index (κ2) is 1.34. The van der Waals surface area contributed by atoms with E-state index in [1.54, 1.807) is 0 Å². The van der Waals surface area contributed by atoms with Crippen LogP contribution in [0, 0.1) is 5.41 Å². The molecular formula is C7H6F4. The summed E-state index contributed by atoms with van der Waals surface area (Å²) in [7, 11) is 0. The van der Waals surface area contributed by atoms with E-state index in [9.17, 15) is 17.6 Å². The minimum absolute atomic E-state index is 0.00694. The molecule has 0 amide bonds. The van der Waals surface area contributed by atoms with E-state index in [4.69, 9.17) is 0 Å². The third-order valence-electron chi connectivity index (χ3n) is 2.81. The van der Waals surface area contributed by atoms with E-state index < -0.39 is 17.3 Å². The summed E-state index contributed by atoms with van der Waals surface area (Å²) in [6, 6.07) is 0. The van der Waals surface area contributed by atoms with Gasteiger partial charge in [-0.15, -0.1) is 0 Å². The Balaban J connectivity index is 2.40. The smallest absolute Gasteiger partial charge is 0.199 e. The van der Waals surface area contributed by atoms with Gasteiger partial charge in [0, 0.05) is 0 Å². The van der Waals surface area contributed by atoms with Crippen molar-refractivity contribution < 1.29 is 17.6 Å². The van der Waals surface area contributed by atoms with Gasteiger partial charge < -0.3 is 0 Å². The van der Waals surface area contributed by atoms with Crippen molar-refractivity contribution in [3.63, 3.8) is 0 Å². The van der Waals surface area contributed by atoms with Crippen LogP contribution in [0.2, 0.25) is 0 Å². The predicted molar refractivity (Wildman–Crippen MR) is 30.7 cm³/mol. The lowest BCUT2D eigenvalue weighted by Gasteiger charge is -2.27. The van der Waals surface area contributed by atoms with Gasteiger partial charge in [0.1, 0.15) is 5.41 Å². The second-order valence-corrected chi connectivity index (χ2v) is 3.16. The molecule has 0 aliphatic heterocycles. The molecule has 4 heteroatoms. The fraction of sp³-hybridized carbons (Fsp3) is 0.714. The van der Waals surface area contributed by atoms with Crippen LogP contribution in [0.1, 0.15) is 12.8 Å². The Labute approximate surface area is 60.9 Å². The zero-order valence-corrected chi connectivity index (χ0v) is 5.63. The average Bonchev–Trinajstić information content (AvgIpc) is 2.20. The van der Waals surface area contributed by atoms with E-state index in [-0.39, 0.29) is 12.0 Å².